The van der Waals surface area contributed by atoms with Crippen LogP contribution in [0.25, 0.3) is 0 Å². The SMILES string of the molecule is C[C@H]1C=C(C(=O)O)C[C@H](C)N1. The highest BCUT2D eigenvalue weighted by molar-refractivity contribution is 5.87. The van der Waals surface area contributed by atoms with Crippen LogP contribution in [0.2, 0.25) is 0 Å². The summed E-state index contributed by atoms with van der Waals surface area (Å²) in [6, 6.07) is 0.464. The van der Waals surface area contributed by atoms with Gasteiger partial charge in [-0.3, -0.25) is 0 Å². The van der Waals surface area contributed by atoms with Crippen LogP contribution < -0.4 is 5.32 Å². The zero-order chi connectivity index (χ0) is 8.43. The third-order valence-corrected chi connectivity index (χ3v) is 1.80. The van der Waals surface area contributed by atoms with Gasteiger partial charge >= 0.3 is 5.97 Å². The van der Waals surface area contributed by atoms with E-state index in [0.29, 0.717) is 12.0 Å². The average Bonchev–Trinajstić information content (AvgIpc) is 1.85. The van der Waals surface area contributed by atoms with E-state index in [1.807, 2.05) is 13.8 Å². The van der Waals surface area contributed by atoms with Crippen molar-refractivity contribution in [2.45, 2.75) is 32.4 Å². The van der Waals surface area contributed by atoms with Gasteiger partial charge in [-0.1, -0.05) is 6.08 Å². The third-order valence-electron chi connectivity index (χ3n) is 1.80. The molecule has 1 aliphatic rings. The Morgan fingerprint density at radius 3 is 2.82 bits per heavy atom. The Morgan fingerprint density at radius 1 is 1.73 bits per heavy atom. The van der Waals surface area contributed by atoms with E-state index < -0.39 is 5.97 Å². The third kappa shape index (κ3) is 2.05. The van der Waals surface area contributed by atoms with E-state index in [-0.39, 0.29) is 12.1 Å². The molecule has 0 saturated heterocycles. The summed E-state index contributed by atoms with van der Waals surface area (Å²) in [6.07, 6.45) is 2.39. The Balaban J connectivity index is 2.72. The molecular formula is C8H13NO2. The first-order valence-electron chi connectivity index (χ1n) is 3.79. The monoisotopic (exact) mass is 155 g/mol. The molecule has 0 saturated carbocycles. The van der Waals surface area contributed by atoms with Crippen LogP contribution in [0, 0.1) is 0 Å². The Bertz CT molecular complexity index is 198. The number of rotatable bonds is 1. The molecule has 0 fully saturated rings. The summed E-state index contributed by atoms with van der Waals surface area (Å²) in [6.45, 7) is 3.95. The maximum absolute atomic E-state index is 10.5. The molecule has 0 radical (unpaired) electrons. The number of nitrogens with one attached hydrogen (secondary N) is 1. The number of carbonyl (C=O) groups is 1. The van der Waals surface area contributed by atoms with Gasteiger partial charge in [-0.05, 0) is 20.3 Å². The van der Waals surface area contributed by atoms with Crippen molar-refractivity contribution in [3.8, 4) is 0 Å². The lowest BCUT2D eigenvalue weighted by Gasteiger charge is -2.23. The van der Waals surface area contributed by atoms with Gasteiger partial charge in [0, 0.05) is 17.7 Å². The van der Waals surface area contributed by atoms with E-state index >= 15 is 0 Å². The molecular weight excluding hydrogens is 142 g/mol. The van der Waals surface area contributed by atoms with E-state index in [1.54, 1.807) is 6.08 Å². The number of aliphatic carboxylic acids is 1. The van der Waals surface area contributed by atoms with Gasteiger partial charge in [0.15, 0.2) is 0 Å². The summed E-state index contributed by atoms with van der Waals surface area (Å²) >= 11 is 0. The van der Waals surface area contributed by atoms with Gasteiger partial charge in [0.1, 0.15) is 0 Å². The normalized spacial score (nSPS) is 31.3. The second-order valence-corrected chi connectivity index (χ2v) is 3.06. The van der Waals surface area contributed by atoms with Crippen LogP contribution in [-0.2, 0) is 4.79 Å². The number of carboxylic acids is 1. The zero-order valence-corrected chi connectivity index (χ0v) is 6.79. The fraction of sp³-hybridized carbons (Fsp3) is 0.625. The second-order valence-electron chi connectivity index (χ2n) is 3.06. The Hall–Kier alpha value is -0.830. The van der Waals surface area contributed by atoms with E-state index in [0.717, 1.165) is 0 Å². The molecule has 0 aromatic rings. The molecule has 0 aromatic heterocycles. The van der Waals surface area contributed by atoms with Crippen LogP contribution in [-0.4, -0.2) is 23.2 Å². The molecule has 0 aliphatic carbocycles. The lowest BCUT2D eigenvalue weighted by Crippen LogP contribution is -2.38. The molecule has 62 valence electrons. The molecule has 1 rings (SSSR count). The van der Waals surface area contributed by atoms with Crippen LogP contribution in [0.3, 0.4) is 0 Å². The van der Waals surface area contributed by atoms with Crippen LogP contribution in [0.15, 0.2) is 11.6 Å². The van der Waals surface area contributed by atoms with Crippen molar-refractivity contribution in [1.82, 2.24) is 5.32 Å². The van der Waals surface area contributed by atoms with E-state index in [4.69, 9.17) is 5.11 Å². The molecule has 0 bridgehead atoms. The topological polar surface area (TPSA) is 49.3 Å². The molecule has 3 heteroatoms. The number of hydrogen-bond donors (Lipinski definition) is 2. The first-order valence-corrected chi connectivity index (χ1v) is 3.79. The predicted molar refractivity (Wildman–Crippen MR) is 42.4 cm³/mol. The van der Waals surface area contributed by atoms with Gasteiger partial charge in [0.25, 0.3) is 0 Å². The van der Waals surface area contributed by atoms with E-state index in [1.165, 1.54) is 0 Å². The molecule has 1 aliphatic heterocycles. The van der Waals surface area contributed by atoms with Crippen molar-refractivity contribution >= 4 is 5.97 Å². The molecule has 3 nitrogen and oxygen atoms in total. The van der Waals surface area contributed by atoms with Gasteiger partial charge < -0.3 is 10.4 Å². The highest BCUT2D eigenvalue weighted by atomic mass is 16.4. The van der Waals surface area contributed by atoms with Crippen LogP contribution in [0.1, 0.15) is 20.3 Å². The minimum atomic E-state index is -0.787. The number of carboxylic acid groups (broad SMARTS) is 1. The fourth-order valence-electron chi connectivity index (χ4n) is 1.41. The summed E-state index contributed by atoms with van der Waals surface area (Å²) in [5.74, 6) is -0.787. The average molecular weight is 155 g/mol. The van der Waals surface area contributed by atoms with E-state index in [2.05, 4.69) is 5.32 Å². The van der Waals surface area contributed by atoms with Crippen LogP contribution >= 0.6 is 0 Å². The maximum Gasteiger partial charge on any atom is 0.331 e. The quantitative estimate of drug-likeness (QED) is 0.588. The highest BCUT2D eigenvalue weighted by Crippen LogP contribution is 2.12. The van der Waals surface area contributed by atoms with Crippen LogP contribution in [0.5, 0.6) is 0 Å². The lowest BCUT2D eigenvalue weighted by molar-refractivity contribution is -0.133. The van der Waals surface area contributed by atoms with Crippen molar-refractivity contribution in [1.29, 1.82) is 0 Å². The van der Waals surface area contributed by atoms with Crippen molar-refractivity contribution in [3.63, 3.8) is 0 Å². The molecule has 2 atom stereocenters. The molecule has 1 heterocycles. The predicted octanol–water partition coefficient (Wildman–Crippen LogP) is 0.768. The summed E-state index contributed by atoms with van der Waals surface area (Å²) in [5, 5.41) is 11.9. The van der Waals surface area contributed by atoms with Gasteiger partial charge in [-0.2, -0.15) is 0 Å². The minimum Gasteiger partial charge on any atom is -0.478 e. The summed E-state index contributed by atoms with van der Waals surface area (Å²) in [7, 11) is 0. The minimum absolute atomic E-state index is 0.185. The first kappa shape index (κ1) is 8.27. The first-order chi connectivity index (χ1) is 5.09. The Morgan fingerprint density at radius 2 is 2.36 bits per heavy atom. The zero-order valence-electron chi connectivity index (χ0n) is 6.79. The standard InChI is InChI=1S/C8H13NO2/c1-5-3-7(8(10)11)4-6(2)9-5/h3,5-6,9H,4H2,1-2H3,(H,10,11)/t5-,6-/m0/s1. The lowest BCUT2D eigenvalue weighted by atomic mass is 10.00. The molecule has 0 unspecified atom stereocenters. The summed E-state index contributed by atoms with van der Waals surface area (Å²) in [5.41, 5.74) is 0.531. The van der Waals surface area contributed by atoms with Gasteiger partial charge in [-0.15, -0.1) is 0 Å². The van der Waals surface area contributed by atoms with Crippen molar-refractivity contribution in [2.24, 2.45) is 0 Å². The van der Waals surface area contributed by atoms with Crippen LogP contribution in [0.4, 0.5) is 0 Å². The van der Waals surface area contributed by atoms with Gasteiger partial charge in [0.05, 0.1) is 0 Å². The Kier molecular flexibility index (Phi) is 2.29. The largest absolute Gasteiger partial charge is 0.478 e. The summed E-state index contributed by atoms with van der Waals surface area (Å²) in [4.78, 5) is 10.5. The van der Waals surface area contributed by atoms with E-state index in [9.17, 15) is 4.79 Å². The molecule has 2 N–H and O–H groups in total. The molecule has 0 aromatic carbocycles. The number of hydrogen-bond acceptors (Lipinski definition) is 2. The molecule has 0 spiro atoms. The summed E-state index contributed by atoms with van der Waals surface area (Å²) < 4.78 is 0. The smallest absolute Gasteiger partial charge is 0.331 e. The van der Waals surface area contributed by atoms with Crippen molar-refractivity contribution < 1.29 is 9.90 Å². The molecule has 11 heavy (non-hydrogen) atoms. The maximum atomic E-state index is 10.5. The second kappa shape index (κ2) is 3.05. The fourth-order valence-corrected chi connectivity index (χ4v) is 1.41. The molecule has 0 amide bonds. The van der Waals surface area contributed by atoms with Crippen molar-refractivity contribution in [2.75, 3.05) is 0 Å². The van der Waals surface area contributed by atoms with Gasteiger partial charge in [0.2, 0.25) is 0 Å². The highest BCUT2D eigenvalue weighted by Gasteiger charge is 2.18. The van der Waals surface area contributed by atoms with Gasteiger partial charge in [-0.25, -0.2) is 4.79 Å². The Labute approximate surface area is 66.1 Å². The van der Waals surface area contributed by atoms with Crippen molar-refractivity contribution in [3.05, 3.63) is 11.6 Å².